The van der Waals surface area contributed by atoms with Crippen molar-refractivity contribution in [1.82, 2.24) is 5.32 Å². The number of carbonyl (C=O) groups excluding carboxylic acids is 1. The van der Waals surface area contributed by atoms with Gasteiger partial charge in [0.1, 0.15) is 12.3 Å². The molecule has 1 saturated heterocycles. The minimum absolute atomic E-state index is 0.0748. The Morgan fingerprint density at radius 2 is 1.83 bits per heavy atom. The molecule has 1 N–H and O–H groups in total. The Morgan fingerprint density at radius 1 is 1.03 bits per heavy atom. The molecule has 0 saturated carbocycles. The van der Waals surface area contributed by atoms with Gasteiger partial charge in [-0.2, -0.15) is 0 Å². The highest BCUT2D eigenvalue weighted by atomic mass is 16.5. The van der Waals surface area contributed by atoms with Crippen LogP contribution in [-0.2, 0) is 16.8 Å². The van der Waals surface area contributed by atoms with Gasteiger partial charge < -0.3 is 19.7 Å². The second-order valence-electron chi connectivity index (χ2n) is 9.88. The lowest BCUT2D eigenvalue weighted by molar-refractivity contribution is -0.124. The van der Waals surface area contributed by atoms with Crippen LogP contribution in [0.25, 0.3) is 6.08 Å². The van der Waals surface area contributed by atoms with E-state index in [1.807, 2.05) is 48.5 Å². The average molecular weight is 469 g/mol. The second-order valence-corrected chi connectivity index (χ2v) is 9.88. The quantitative estimate of drug-likeness (QED) is 0.511. The fourth-order valence-corrected chi connectivity index (χ4v) is 5.33. The summed E-state index contributed by atoms with van der Waals surface area (Å²) in [6.07, 6.45) is 4.70. The minimum atomic E-state index is -0.645. The summed E-state index contributed by atoms with van der Waals surface area (Å²) in [6, 6.07) is 22.6. The summed E-state index contributed by atoms with van der Waals surface area (Å²) >= 11 is 0. The van der Waals surface area contributed by atoms with Gasteiger partial charge in [0.25, 0.3) is 0 Å². The summed E-state index contributed by atoms with van der Waals surface area (Å²) in [5, 5.41) is 3.34. The average Bonchev–Trinajstić information content (AvgIpc) is 3.05. The van der Waals surface area contributed by atoms with Gasteiger partial charge in [-0.05, 0) is 47.9 Å². The number of fused-ring (bicyclic) bond motifs is 3. The third kappa shape index (κ3) is 3.95. The van der Waals surface area contributed by atoms with Crippen molar-refractivity contribution in [3.05, 3.63) is 95.1 Å². The molecule has 3 aromatic rings. The number of carbonyl (C=O) groups is 1. The van der Waals surface area contributed by atoms with Gasteiger partial charge in [0.15, 0.2) is 11.5 Å². The van der Waals surface area contributed by atoms with Crippen LogP contribution < -0.4 is 19.7 Å². The Hall–Kier alpha value is -3.73. The molecule has 1 amide bonds. The van der Waals surface area contributed by atoms with Crippen LogP contribution in [-0.4, -0.2) is 25.2 Å². The molecule has 2 aliphatic rings. The highest BCUT2D eigenvalue weighted by Crippen LogP contribution is 2.52. The molecule has 5 heteroatoms. The summed E-state index contributed by atoms with van der Waals surface area (Å²) in [5.41, 5.74) is 4.78. The Bertz CT molecular complexity index is 1280. The maximum Gasteiger partial charge on any atom is 0.223 e. The third-order valence-corrected chi connectivity index (χ3v) is 7.33. The van der Waals surface area contributed by atoms with Gasteiger partial charge in [0.05, 0.1) is 7.11 Å². The van der Waals surface area contributed by atoms with E-state index in [-0.39, 0.29) is 11.3 Å². The number of anilines is 1. The first-order valence-corrected chi connectivity index (χ1v) is 12.1. The van der Waals surface area contributed by atoms with E-state index in [0.717, 1.165) is 11.1 Å². The molecule has 3 aromatic carbocycles. The van der Waals surface area contributed by atoms with Crippen LogP contribution in [0.4, 0.5) is 5.69 Å². The molecule has 0 aromatic heterocycles. The minimum Gasteiger partial charge on any atom is -0.493 e. The molecule has 0 radical (unpaired) electrons. The molecule has 1 atom stereocenters. The van der Waals surface area contributed by atoms with Crippen molar-refractivity contribution >= 4 is 17.7 Å². The van der Waals surface area contributed by atoms with Gasteiger partial charge in [0, 0.05) is 24.1 Å². The number of methoxy groups -OCH3 is 1. The predicted octanol–water partition coefficient (Wildman–Crippen LogP) is 5.61. The normalized spacial score (nSPS) is 20.3. The van der Waals surface area contributed by atoms with Crippen molar-refractivity contribution in [2.75, 3.05) is 18.6 Å². The smallest absolute Gasteiger partial charge is 0.223 e. The molecule has 180 valence electrons. The lowest BCUT2D eigenvalue weighted by Gasteiger charge is -2.49. The SMILES string of the molecule is COc1cc(C=C[C@]23NC(=O)CCN2c2ccc(C)cc2C3(C)C)ccc1OCc1ccccc1. The summed E-state index contributed by atoms with van der Waals surface area (Å²) in [6.45, 7) is 7.70. The molecule has 0 aliphatic carbocycles. The molecule has 5 nitrogen and oxygen atoms in total. The zero-order chi connectivity index (χ0) is 24.6. The van der Waals surface area contributed by atoms with E-state index in [2.05, 4.69) is 61.3 Å². The van der Waals surface area contributed by atoms with Crippen molar-refractivity contribution in [3.8, 4) is 11.5 Å². The molecule has 2 heterocycles. The van der Waals surface area contributed by atoms with Gasteiger partial charge in [0.2, 0.25) is 5.91 Å². The zero-order valence-electron chi connectivity index (χ0n) is 20.8. The molecule has 0 bridgehead atoms. The van der Waals surface area contributed by atoms with Crippen molar-refractivity contribution in [2.45, 2.75) is 44.9 Å². The molecule has 35 heavy (non-hydrogen) atoms. The molecule has 0 spiro atoms. The zero-order valence-corrected chi connectivity index (χ0v) is 20.8. The van der Waals surface area contributed by atoms with Gasteiger partial charge >= 0.3 is 0 Å². The highest BCUT2D eigenvalue weighted by molar-refractivity contribution is 5.84. The van der Waals surface area contributed by atoms with E-state index in [1.165, 1.54) is 16.8 Å². The van der Waals surface area contributed by atoms with Crippen LogP contribution in [0.5, 0.6) is 11.5 Å². The number of hydrogen-bond acceptors (Lipinski definition) is 4. The fourth-order valence-electron chi connectivity index (χ4n) is 5.33. The molecule has 0 unspecified atom stereocenters. The monoisotopic (exact) mass is 468 g/mol. The first-order valence-electron chi connectivity index (χ1n) is 12.1. The number of aryl methyl sites for hydroxylation is 1. The molecular formula is C30H32N2O3. The Balaban J connectivity index is 1.46. The van der Waals surface area contributed by atoms with Gasteiger partial charge in [-0.15, -0.1) is 0 Å². The lowest BCUT2D eigenvalue weighted by Crippen LogP contribution is -2.68. The first-order chi connectivity index (χ1) is 16.8. The fraction of sp³-hybridized carbons (Fsp3) is 0.300. The topological polar surface area (TPSA) is 50.8 Å². The van der Waals surface area contributed by atoms with E-state index >= 15 is 0 Å². The maximum atomic E-state index is 12.7. The van der Waals surface area contributed by atoms with E-state index in [0.29, 0.717) is 31.1 Å². The van der Waals surface area contributed by atoms with E-state index in [4.69, 9.17) is 9.47 Å². The van der Waals surface area contributed by atoms with Crippen molar-refractivity contribution < 1.29 is 14.3 Å². The lowest BCUT2D eigenvalue weighted by atomic mass is 9.74. The van der Waals surface area contributed by atoms with Crippen LogP contribution in [0.2, 0.25) is 0 Å². The number of rotatable bonds is 6. The second kappa shape index (κ2) is 8.81. The van der Waals surface area contributed by atoms with E-state index < -0.39 is 5.66 Å². The van der Waals surface area contributed by atoms with Crippen LogP contribution in [0, 0.1) is 6.92 Å². The Morgan fingerprint density at radius 3 is 2.60 bits per heavy atom. The maximum absolute atomic E-state index is 12.7. The molecular weight excluding hydrogens is 436 g/mol. The molecule has 5 rings (SSSR count). The van der Waals surface area contributed by atoms with Gasteiger partial charge in [-0.1, -0.05) is 74.0 Å². The highest BCUT2D eigenvalue weighted by Gasteiger charge is 2.57. The number of nitrogens with zero attached hydrogens (tertiary/aromatic N) is 1. The summed E-state index contributed by atoms with van der Waals surface area (Å²) in [5.74, 6) is 1.45. The number of amides is 1. The van der Waals surface area contributed by atoms with Gasteiger partial charge in [-0.25, -0.2) is 0 Å². The van der Waals surface area contributed by atoms with Crippen LogP contribution in [0.1, 0.15) is 42.5 Å². The van der Waals surface area contributed by atoms with Crippen molar-refractivity contribution in [3.63, 3.8) is 0 Å². The van der Waals surface area contributed by atoms with Crippen molar-refractivity contribution in [2.24, 2.45) is 0 Å². The van der Waals surface area contributed by atoms with Crippen LogP contribution in [0.3, 0.4) is 0 Å². The summed E-state index contributed by atoms with van der Waals surface area (Å²) in [4.78, 5) is 15.0. The van der Waals surface area contributed by atoms with Crippen LogP contribution >= 0.6 is 0 Å². The Labute approximate surface area is 207 Å². The largest absolute Gasteiger partial charge is 0.493 e. The van der Waals surface area contributed by atoms with E-state index in [9.17, 15) is 4.79 Å². The third-order valence-electron chi connectivity index (χ3n) is 7.33. The standard InChI is InChI=1S/C30H32N2O3/c1-21-10-12-25-24(18-21)29(2,3)30(31-28(33)15-17-32(25)30)16-14-22-11-13-26(27(19-22)34-4)35-20-23-8-6-5-7-9-23/h5-14,16,18-19H,15,17,20H2,1-4H3,(H,31,33)/t30-/m0/s1. The first kappa shape index (κ1) is 23.0. The van der Waals surface area contributed by atoms with Crippen LogP contribution in [0.15, 0.2) is 72.8 Å². The predicted molar refractivity (Wildman–Crippen MR) is 140 cm³/mol. The Kier molecular flexibility index (Phi) is 5.79. The number of benzene rings is 3. The van der Waals surface area contributed by atoms with Gasteiger partial charge in [-0.3, -0.25) is 4.79 Å². The summed E-state index contributed by atoms with van der Waals surface area (Å²) < 4.78 is 11.7. The number of hydrogen-bond donors (Lipinski definition) is 1. The van der Waals surface area contributed by atoms with Crippen molar-refractivity contribution in [1.29, 1.82) is 0 Å². The number of ether oxygens (including phenoxy) is 2. The molecule has 1 fully saturated rings. The molecule has 2 aliphatic heterocycles. The van der Waals surface area contributed by atoms with E-state index in [1.54, 1.807) is 7.11 Å². The number of nitrogens with one attached hydrogen (secondary N) is 1. The summed E-state index contributed by atoms with van der Waals surface area (Å²) in [7, 11) is 1.65.